The molecule has 0 bridgehead atoms. The SMILES string of the molecule is CCn1cc(C(=O)OCc2ccccc2)cc(C(=O)NC)c1=O. The van der Waals surface area contributed by atoms with Crippen LogP contribution < -0.4 is 10.9 Å². The summed E-state index contributed by atoms with van der Waals surface area (Å²) in [5.74, 6) is -1.11. The number of amides is 1. The van der Waals surface area contributed by atoms with Crippen LogP contribution in [0.1, 0.15) is 33.2 Å². The second-order valence-corrected chi connectivity index (χ2v) is 4.87. The Morgan fingerprint density at radius 1 is 1.22 bits per heavy atom. The van der Waals surface area contributed by atoms with Crippen LogP contribution in [-0.4, -0.2) is 23.5 Å². The van der Waals surface area contributed by atoms with Crippen molar-refractivity contribution >= 4 is 11.9 Å². The lowest BCUT2D eigenvalue weighted by Crippen LogP contribution is -2.32. The van der Waals surface area contributed by atoms with E-state index in [9.17, 15) is 14.4 Å². The summed E-state index contributed by atoms with van der Waals surface area (Å²) in [6.45, 7) is 2.23. The quantitative estimate of drug-likeness (QED) is 0.850. The Hall–Kier alpha value is -2.89. The molecule has 0 saturated carbocycles. The van der Waals surface area contributed by atoms with Crippen molar-refractivity contribution < 1.29 is 14.3 Å². The van der Waals surface area contributed by atoms with E-state index < -0.39 is 17.4 Å². The highest BCUT2D eigenvalue weighted by Crippen LogP contribution is 2.07. The fourth-order valence-electron chi connectivity index (χ4n) is 2.09. The van der Waals surface area contributed by atoms with Crippen molar-refractivity contribution in [2.75, 3.05) is 7.05 Å². The number of carbonyl (C=O) groups excluding carboxylic acids is 2. The van der Waals surface area contributed by atoms with Crippen LogP contribution in [0.5, 0.6) is 0 Å². The van der Waals surface area contributed by atoms with Crippen molar-refractivity contribution in [3.8, 4) is 0 Å². The Morgan fingerprint density at radius 3 is 2.52 bits per heavy atom. The summed E-state index contributed by atoms with van der Waals surface area (Å²) in [5.41, 5.74) is 0.507. The molecule has 0 saturated heterocycles. The van der Waals surface area contributed by atoms with Gasteiger partial charge in [0.2, 0.25) is 0 Å². The third-order valence-electron chi connectivity index (χ3n) is 3.35. The molecule has 0 atom stereocenters. The number of esters is 1. The molecule has 23 heavy (non-hydrogen) atoms. The minimum Gasteiger partial charge on any atom is -0.457 e. The van der Waals surface area contributed by atoms with E-state index in [4.69, 9.17) is 4.74 Å². The van der Waals surface area contributed by atoms with Crippen molar-refractivity contribution in [1.82, 2.24) is 9.88 Å². The molecule has 0 aliphatic heterocycles. The molecule has 1 amide bonds. The number of nitrogens with one attached hydrogen (secondary N) is 1. The van der Waals surface area contributed by atoms with E-state index >= 15 is 0 Å². The number of pyridine rings is 1. The lowest BCUT2D eigenvalue weighted by Gasteiger charge is -2.10. The zero-order valence-corrected chi connectivity index (χ0v) is 13.0. The summed E-state index contributed by atoms with van der Waals surface area (Å²) in [4.78, 5) is 36.1. The van der Waals surface area contributed by atoms with Crippen molar-refractivity contribution in [3.05, 3.63) is 69.6 Å². The Bertz CT molecular complexity index is 766. The Balaban J connectivity index is 2.26. The topological polar surface area (TPSA) is 77.4 Å². The first-order valence-corrected chi connectivity index (χ1v) is 7.24. The Morgan fingerprint density at radius 2 is 1.91 bits per heavy atom. The largest absolute Gasteiger partial charge is 0.457 e. The van der Waals surface area contributed by atoms with Gasteiger partial charge < -0.3 is 14.6 Å². The maximum atomic E-state index is 12.2. The molecule has 1 N–H and O–H groups in total. The maximum Gasteiger partial charge on any atom is 0.339 e. The second-order valence-electron chi connectivity index (χ2n) is 4.87. The molecule has 0 fully saturated rings. The summed E-state index contributed by atoms with van der Waals surface area (Å²) >= 11 is 0. The fraction of sp³-hybridized carbons (Fsp3) is 0.235. The zero-order chi connectivity index (χ0) is 16.8. The number of rotatable bonds is 5. The first-order valence-electron chi connectivity index (χ1n) is 7.24. The van der Waals surface area contributed by atoms with E-state index in [1.165, 1.54) is 23.9 Å². The van der Waals surface area contributed by atoms with Crippen LogP contribution in [0.3, 0.4) is 0 Å². The monoisotopic (exact) mass is 314 g/mol. The number of benzene rings is 1. The second kappa shape index (κ2) is 7.40. The van der Waals surface area contributed by atoms with Crippen molar-refractivity contribution in [1.29, 1.82) is 0 Å². The molecule has 0 aliphatic rings. The molecular formula is C17H18N2O4. The Labute approximate surface area is 133 Å². The summed E-state index contributed by atoms with van der Waals surface area (Å²) in [6, 6.07) is 10.5. The highest BCUT2D eigenvalue weighted by molar-refractivity contribution is 5.97. The number of hydrogen-bond acceptors (Lipinski definition) is 4. The van der Waals surface area contributed by atoms with Gasteiger partial charge in [-0.1, -0.05) is 30.3 Å². The van der Waals surface area contributed by atoms with Gasteiger partial charge in [-0.3, -0.25) is 9.59 Å². The van der Waals surface area contributed by atoms with Crippen LogP contribution >= 0.6 is 0 Å². The van der Waals surface area contributed by atoms with Gasteiger partial charge in [0.25, 0.3) is 11.5 Å². The van der Waals surface area contributed by atoms with Gasteiger partial charge in [0, 0.05) is 19.8 Å². The highest BCUT2D eigenvalue weighted by Gasteiger charge is 2.17. The van der Waals surface area contributed by atoms with E-state index in [1.807, 2.05) is 30.3 Å². The predicted octanol–water partition coefficient (Wildman–Crippen LogP) is 1.58. The van der Waals surface area contributed by atoms with Crippen LogP contribution in [0.4, 0.5) is 0 Å². The van der Waals surface area contributed by atoms with E-state index in [1.54, 1.807) is 6.92 Å². The molecular weight excluding hydrogens is 296 g/mol. The summed E-state index contributed by atoms with van der Waals surface area (Å²) < 4.78 is 6.55. The number of aromatic nitrogens is 1. The number of carbonyl (C=O) groups is 2. The molecule has 0 radical (unpaired) electrons. The minimum absolute atomic E-state index is 0.0801. The van der Waals surface area contributed by atoms with Gasteiger partial charge in [-0.05, 0) is 18.6 Å². The van der Waals surface area contributed by atoms with Crippen LogP contribution in [0, 0.1) is 0 Å². The number of ether oxygens (including phenoxy) is 1. The van der Waals surface area contributed by atoms with Crippen molar-refractivity contribution in [2.24, 2.45) is 0 Å². The summed E-state index contributed by atoms with van der Waals surface area (Å²) in [6.07, 6.45) is 1.40. The fourth-order valence-corrected chi connectivity index (χ4v) is 2.09. The zero-order valence-electron chi connectivity index (χ0n) is 13.0. The molecule has 120 valence electrons. The molecule has 1 heterocycles. The van der Waals surface area contributed by atoms with E-state index in [2.05, 4.69) is 5.32 Å². The first-order chi connectivity index (χ1) is 11.1. The van der Waals surface area contributed by atoms with E-state index in [0.29, 0.717) is 6.54 Å². The smallest absolute Gasteiger partial charge is 0.339 e. The van der Waals surface area contributed by atoms with Crippen molar-refractivity contribution in [3.63, 3.8) is 0 Å². The molecule has 1 aromatic heterocycles. The Kier molecular flexibility index (Phi) is 5.30. The van der Waals surface area contributed by atoms with Crippen LogP contribution in [0.2, 0.25) is 0 Å². The number of hydrogen-bond donors (Lipinski definition) is 1. The normalized spacial score (nSPS) is 10.2. The third-order valence-corrected chi connectivity index (χ3v) is 3.35. The number of aryl methyl sites for hydroxylation is 1. The van der Waals surface area contributed by atoms with E-state index in [-0.39, 0.29) is 17.7 Å². The molecule has 2 rings (SSSR count). The van der Waals surface area contributed by atoms with Gasteiger partial charge in [0.15, 0.2) is 0 Å². The van der Waals surface area contributed by atoms with Crippen molar-refractivity contribution in [2.45, 2.75) is 20.1 Å². The van der Waals surface area contributed by atoms with Gasteiger partial charge >= 0.3 is 5.97 Å². The predicted molar refractivity (Wildman–Crippen MR) is 85.3 cm³/mol. The van der Waals surface area contributed by atoms with Gasteiger partial charge in [0.1, 0.15) is 12.2 Å². The number of nitrogens with zero attached hydrogens (tertiary/aromatic N) is 1. The molecule has 6 nitrogen and oxygen atoms in total. The highest BCUT2D eigenvalue weighted by atomic mass is 16.5. The lowest BCUT2D eigenvalue weighted by atomic mass is 10.2. The molecule has 0 unspecified atom stereocenters. The van der Waals surface area contributed by atoms with Crippen LogP contribution in [0.25, 0.3) is 0 Å². The standard InChI is InChI=1S/C17H18N2O4/c1-3-19-10-13(9-14(16(19)21)15(20)18-2)17(22)23-11-12-7-5-4-6-8-12/h4-10H,3,11H2,1-2H3,(H,18,20). The van der Waals surface area contributed by atoms with Gasteiger partial charge in [0.05, 0.1) is 5.56 Å². The molecule has 2 aromatic rings. The van der Waals surface area contributed by atoms with Gasteiger partial charge in [-0.2, -0.15) is 0 Å². The molecule has 6 heteroatoms. The molecule has 1 aromatic carbocycles. The van der Waals surface area contributed by atoms with Gasteiger partial charge in [-0.25, -0.2) is 4.79 Å². The van der Waals surface area contributed by atoms with E-state index in [0.717, 1.165) is 5.56 Å². The first kappa shape index (κ1) is 16.5. The summed E-state index contributed by atoms with van der Waals surface area (Å²) in [5, 5.41) is 2.39. The average molecular weight is 314 g/mol. The third kappa shape index (κ3) is 3.85. The minimum atomic E-state index is -0.582. The molecule has 0 aliphatic carbocycles. The van der Waals surface area contributed by atoms with Crippen LogP contribution in [-0.2, 0) is 17.9 Å². The molecule has 0 spiro atoms. The van der Waals surface area contributed by atoms with Crippen LogP contribution in [0.15, 0.2) is 47.4 Å². The lowest BCUT2D eigenvalue weighted by molar-refractivity contribution is 0.0471. The average Bonchev–Trinajstić information content (AvgIpc) is 2.60. The van der Waals surface area contributed by atoms with Gasteiger partial charge in [-0.15, -0.1) is 0 Å². The maximum absolute atomic E-state index is 12.2. The summed E-state index contributed by atoms with van der Waals surface area (Å²) in [7, 11) is 1.43.